The lowest BCUT2D eigenvalue weighted by atomic mass is 10.0. The van der Waals surface area contributed by atoms with Gasteiger partial charge in [0.1, 0.15) is 18.4 Å². The van der Waals surface area contributed by atoms with Crippen molar-refractivity contribution in [1.82, 2.24) is 10.2 Å². The number of rotatable bonds is 11. The molecule has 0 aliphatic rings. The van der Waals surface area contributed by atoms with Crippen LogP contribution in [-0.2, 0) is 32.6 Å². The fourth-order valence-corrected chi connectivity index (χ4v) is 6.39. The number of halogens is 1. The molecule has 0 unspecified atom stereocenters. The highest BCUT2D eigenvalue weighted by Crippen LogP contribution is 2.28. The first-order chi connectivity index (χ1) is 20.9. The molecule has 230 valence electrons. The van der Waals surface area contributed by atoms with Crippen LogP contribution in [0.2, 0.25) is 0 Å². The zero-order valence-electron chi connectivity index (χ0n) is 25.4. The van der Waals surface area contributed by atoms with E-state index in [9.17, 15) is 18.0 Å². The zero-order valence-corrected chi connectivity index (χ0v) is 26.2. The summed E-state index contributed by atoms with van der Waals surface area (Å²) in [7, 11) is -4.21. The second kappa shape index (κ2) is 13.9. The molecular weight excluding hydrogens is 577 g/mol. The van der Waals surface area contributed by atoms with Gasteiger partial charge >= 0.3 is 0 Å². The third-order valence-electron chi connectivity index (χ3n) is 7.06. The number of nitrogens with one attached hydrogen (secondary N) is 1. The third kappa shape index (κ3) is 8.11. The number of benzene rings is 4. The predicted molar refractivity (Wildman–Crippen MR) is 171 cm³/mol. The minimum absolute atomic E-state index is 0.0167. The van der Waals surface area contributed by atoms with Crippen LogP contribution in [0, 0.1) is 12.7 Å². The summed E-state index contributed by atoms with van der Waals surface area (Å²) in [6, 6.07) is 29.0. The molecule has 4 aromatic carbocycles. The van der Waals surface area contributed by atoms with Gasteiger partial charge in [-0.1, -0.05) is 84.9 Å². The van der Waals surface area contributed by atoms with Crippen molar-refractivity contribution in [3.8, 4) is 0 Å². The number of hydrogen-bond acceptors (Lipinski definition) is 4. The van der Waals surface area contributed by atoms with Gasteiger partial charge in [0.2, 0.25) is 11.8 Å². The number of nitrogens with zero attached hydrogens (tertiary/aromatic N) is 2. The summed E-state index contributed by atoms with van der Waals surface area (Å²) < 4.78 is 44.2. The van der Waals surface area contributed by atoms with Gasteiger partial charge in [0, 0.05) is 24.1 Å². The van der Waals surface area contributed by atoms with Gasteiger partial charge < -0.3 is 10.2 Å². The predicted octanol–water partition coefficient (Wildman–Crippen LogP) is 5.88. The van der Waals surface area contributed by atoms with Crippen molar-refractivity contribution in [3.05, 3.63) is 132 Å². The second-order valence-electron chi connectivity index (χ2n) is 11.7. The number of anilines is 1. The molecule has 9 heteroatoms. The lowest BCUT2D eigenvalue weighted by Gasteiger charge is -2.35. The Bertz CT molecular complexity index is 1690. The molecular formula is C35H38FN3O4S. The number of sulfonamides is 1. The molecule has 0 saturated heterocycles. The topological polar surface area (TPSA) is 86.8 Å². The van der Waals surface area contributed by atoms with Crippen LogP contribution >= 0.6 is 0 Å². The van der Waals surface area contributed by atoms with Crippen LogP contribution < -0.4 is 9.62 Å². The normalized spacial score (nSPS) is 12.3. The molecule has 0 aliphatic heterocycles. The van der Waals surface area contributed by atoms with Gasteiger partial charge in [-0.3, -0.25) is 13.9 Å². The molecule has 4 aromatic rings. The van der Waals surface area contributed by atoms with Crippen molar-refractivity contribution in [2.45, 2.75) is 57.1 Å². The van der Waals surface area contributed by atoms with E-state index >= 15 is 4.39 Å². The monoisotopic (exact) mass is 615 g/mol. The largest absolute Gasteiger partial charge is 0.350 e. The fraction of sp³-hybridized carbons (Fsp3) is 0.257. The average molecular weight is 616 g/mol. The van der Waals surface area contributed by atoms with Gasteiger partial charge in [-0.05, 0) is 63.1 Å². The Morgan fingerprint density at radius 1 is 0.818 bits per heavy atom. The smallest absolute Gasteiger partial charge is 0.264 e. The van der Waals surface area contributed by atoms with Crippen LogP contribution in [0.15, 0.2) is 114 Å². The maximum atomic E-state index is 15.0. The Morgan fingerprint density at radius 2 is 1.39 bits per heavy atom. The Morgan fingerprint density at radius 3 is 2.00 bits per heavy atom. The molecule has 2 amide bonds. The Hall–Kier alpha value is -4.50. The fourth-order valence-electron chi connectivity index (χ4n) is 4.89. The van der Waals surface area contributed by atoms with E-state index in [2.05, 4.69) is 5.32 Å². The first-order valence-corrected chi connectivity index (χ1v) is 15.8. The Kier molecular flexibility index (Phi) is 10.2. The summed E-state index contributed by atoms with van der Waals surface area (Å²) >= 11 is 0. The van der Waals surface area contributed by atoms with Gasteiger partial charge in [0.05, 0.1) is 10.6 Å². The number of aryl methyl sites for hydroxylation is 1. The Balaban J connectivity index is 1.83. The SMILES string of the molecule is Cc1ccccc1N(CC(=O)N(Cc1ccccc1F)[C@H](Cc1ccccc1)C(=O)NC(C)(C)C)S(=O)(=O)c1ccccc1. The highest BCUT2D eigenvalue weighted by molar-refractivity contribution is 7.92. The standard InChI is InChI=1S/C35H38FN3O4S/c1-26-15-11-14-22-31(26)39(44(42,43)29-19-9-6-10-20-29)25-33(40)38(24-28-18-12-13-21-30(28)36)32(34(41)37-35(2,3)4)23-27-16-7-5-8-17-27/h5-22,32H,23-25H2,1-4H3,(H,37,41)/t32-/m1/s1. The van der Waals surface area contributed by atoms with E-state index in [1.807, 2.05) is 51.1 Å². The quantitative estimate of drug-likeness (QED) is 0.228. The van der Waals surface area contributed by atoms with Crippen LogP contribution in [0.5, 0.6) is 0 Å². The maximum Gasteiger partial charge on any atom is 0.264 e. The molecule has 0 fully saturated rings. The van der Waals surface area contributed by atoms with Crippen molar-refractivity contribution in [1.29, 1.82) is 0 Å². The first kappa shape index (κ1) is 32.4. The van der Waals surface area contributed by atoms with Crippen LogP contribution in [0.1, 0.15) is 37.5 Å². The van der Waals surface area contributed by atoms with E-state index in [1.54, 1.807) is 67.6 Å². The molecule has 0 aliphatic carbocycles. The summed E-state index contributed by atoms with van der Waals surface area (Å²) in [5.41, 5.74) is 1.35. The molecule has 1 atom stereocenters. The first-order valence-electron chi connectivity index (χ1n) is 14.4. The van der Waals surface area contributed by atoms with E-state index in [4.69, 9.17) is 0 Å². The van der Waals surface area contributed by atoms with Crippen LogP contribution in [0.4, 0.5) is 10.1 Å². The molecule has 0 spiro atoms. The van der Waals surface area contributed by atoms with E-state index in [0.29, 0.717) is 11.3 Å². The number of carbonyl (C=O) groups is 2. The van der Waals surface area contributed by atoms with Gasteiger partial charge in [0.15, 0.2) is 0 Å². The van der Waals surface area contributed by atoms with Crippen molar-refractivity contribution in [3.63, 3.8) is 0 Å². The maximum absolute atomic E-state index is 15.0. The van der Waals surface area contributed by atoms with Crippen LogP contribution in [-0.4, -0.2) is 43.3 Å². The average Bonchev–Trinajstić information content (AvgIpc) is 2.99. The molecule has 44 heavy (non-hydrogen) atoms. The molecule has 4 rings (SSSR count). The van der Waals surface area contributed by atoms with E-state index in [-0.39, 0.29) is 23.4 Å². The lowest BCUT2D eigenvalue weighted by molar-refractivity contribution is -0.140. The van der Waals surface area contributed by atoms with Crippen LogP contribution in [0.25, 0.3) is 0 Å². The minimum atomic E-state index is -4.21. The molecule has 0 saturated carbocycles. The van der Waals surface area contributed by atoms with Crippen molar-refractivity contribution >= 4 is 27.5 Å². The summed E-state index contributed by atoms with van der Waals surface area (Å²) in [6.45, 7) is 6.41. The lowest BCUT2D eigenvalue weighted by Crippen LogP contribution is -2.56. The van der Waals surface area contributed by atoms with E-state index in [0.717, 1.165) is 9.87 Å². The summed E-state index contributed by atoms with van der Waals surface area (Å²) in [5, 5.41) is 2.97. The number of amides is 2. The zero-order chi connectivity index (χ0) is 31.9. The van der Waals surface area contributed by atoms with Crippen molar-refractivity contribution < 1.29 is 22.4 Å². The number of para-hydroxylation sites is 1. The number of hydrogen-bond donors (Lipinski definition) is 1. The molecule has 0 aromatic heterocycles. The summed E-state index contributed by atoms with van der Waals surface area (Å²) in [5.74, 6) is -1.62. The van der Waals surface area contributed by atoms with Crippen LogP contribution in [0.3, 0.4) is 0 Å². The molecule has 1 N–H and O–H groups in total. The van der Waals surface area contributed by atoms with E-state index in [1.165, 1.54) is 23.1 Å². The molecule has 0 heterocycles. The third-order valence-corrected chi connectivity index (χ3v) is 8.84. The highest BCUT2D eigenvalue weighted by Gasteiger charge is 2.36. The van der Waals surface area contributed by atoms with E-state index < -0.39 is 45.8 Å². The Labute approximate surface area is 259 Å². The van der Waals surface area contributed by atoms with Gasteiger partial charge in [-0.25, -0.2) is 12.8 Å². The van der Waals surface area contributed by atoms with Gasteiger partial charge in [0.25, 0.3) is 10.0 Å². The summed E-state index contributed by atoms with van der Waals surface area (Å²) in [6.07, 6.45) is 0.138. The second-order valence-corrected chi connectivity index (χ2v) is 13.5. The van der Waals surface area contributed by atoms with Gasteiger partial charge in [-0.2, -0.15) is 0 Å². The summed E-state index contributed by atoms with van der Waals surface area (Å²) in [4.78, 5) is 29.6. The van der Waals surface area contributed by atoms with Crippen molar-refractivity contribution in [2.75, 3.05) is 10.8 Å². The number of carbonyl (C=O) groups excluding carboxylic acids is 2. The highest BCUT2D eigenvalue weighted by atomic mass is 32.2. The molecule has 0 radical (unpaired) electrons. The molecule has 0 bridgehead atoms. The van der Waals surface area contributed by atoms with Crippen molar-refractivity contribution in [2.24, 2.45) is 0 Å². The van der Waals surface area contributed by atoms with Gasteiger partial charge in [-0.15, -0.1) is 0 Å². The molecule has 7 nitrogen and oxygen atoms in total. The minimum Gasteiger partial charge on any atom is -0.350 e.